The highest BCUT2D eigenvalue weighted by molar-refractivity contribution is 9.11. The molecule has 0 spiro atoms. The Morgan fingerprint density at radius 2 is 1.13 bits per heavy atom. The molecule has 0 fully saturated rings. The Balaban J connectivity index is 1.83. The van der Waals surface area contributed by atoms with E-state index in [0.717, 1.165) is 19.3 Å². The van der Waals surface area contributed by atoms with Gasteiger partial charge in [0.2, 0.25) is 0 Å². The molecule has 10 heteroatoms. The second kappa shape index (κ2) is 11.8. The molecule has 2 rings (SSSR count). The van der Waals surface area contributed by atoms with Crippen LogP contribution in [0.15, 0.2) is 33.2 Å². The van der Waals surface area contributed by atoms with Crippen molar-refractivity contribution in [3.8, 4) is 23.0 Å². The predicted molar refractivity (Wildman–Crippen MR) is 128 cm³/mol. The summed E-state index contributed by atoms with van der Waals surface area (Å²) >= 11 is 6.89. The lowest BCUT2D eigenvalue weighted by Gasteiger charge is -2.15. The maximum absolute atomic E-state index is 7.56. The van der Waals surface area contributed by atoms with Crippen molar-refractivity contribution in [2.45, 2.75) is 19.3 Å². The third-order valence-corrected chi connectivity index (χ3v) is 5.54. The van der Waals surface area contributed by atoms with Gasteiger partial charge in [-0.1, -0.05) is 0 Å². The van der Waals surface area contributed by atoms with Crippen molar-refractivity contribution in [1.29, 1.82) is 10.8 Å². The van der Waals surface area contributed by atoms with E-state index in [2.05, 4.69) is 31.9 Å². The average molecular weight is 558 g/mol. The molecule has 0 aromatic heterocycles. The van der Waals surface area contributed by atoms with E-state index in [9.17, 15) is 0 Å². The molecular formula is C21H26Br2N4O4. The topological polar surface area (TPSA) is 137 Å². The number of nitrogens with one attached hydrogen (secondary N) is 2. The smallest absolute Gasteiger partial charge is 0.175 e. The summed E-state index contributed by atoms with van der Waals surface area (Å²) in [7, 11) is 3.09. The summed E-state index contributed by atoms with van der Waals surface area (Å²) in [5.41, 5.74) is 12.2. The van der Waals surface area contributed by atoms with E-state index < -0.39 is 0 Å². The van der Waals surface area contributed by atoms with Crippen LogP contribution in [0.5, 0.6) is 23.0 Å². The van der Waals surface area contributed by atoms with Crippen molar-refractivity contribution in [1.82, 2.24) is 0 Å². The number of methoxy groups -OCH3 is 2. The van der Waals surface area contributed by atoms with Gasteiger partial charge in [-0.3, -0.25) is 10.8 Å². The van der Waals surface area contributed by atoms with Gasteiger partial charge in [0.15, 0.2) is 23.0 Å². The quantitative estimate of drug-likeness (QED) is 0.173. The van der Waals surface area contributed by atoms with Gasteiger partial charge < -0.3 is 30.4 Å². The normalized spacial score (nSPS) is 10.5. The van der Waals surface area contributed by atoms with Gasteiger partial charge in [-0.25, -0.2) is 0 Å². The van der Waals surface area contributed by atoms with Crippen LogP contribution in [-0.2, 0) is 0 Å². The number of nitrogen functional groups attached to an aromatic ring is 2. The van der Waals surface area contributed by atoms with Crippen LogP contribution in [0.25, 0.3) is 0 Å². The zero-order valence-corrected chi connectivity index (χ0v) is 20.6. The van der Waals surface area contributed by atoms with Crippen LogP contribution in [0.4, 0.5) is 0 Å². The first kappa shape index (κ1) is 24.8. The standard InChI is InChI=1S/C21H26Br2N4O4/c1-28-16-10-12(20(24)25)8-14(22)18(16)30-6-4-3-5-7-31-19-15(23)9-13(21(26)27)11-17(19)29-2/h8-11H,3-7H2,1-2H3,(H3,24,25)(H3,26,27). The highest BCUT2D eigenvalue weighted by Gasteiger charge is 2.14. The van der Waals surface area contributed by atoms with Crippen molar-refractivity contribution in [3.63, 3.8) is 0 Å². The Morgan fingerprint density at radius 1 is 0.742 bits per heavy atom. The zero-order valence-electron chi connectivity index (χ0n) is 17.4. The maximum Gasteiger partial charge on any atom is 0.175 e. The van der Waals surface area contributed by atoms with Crippen molar-refractivity contribution < 1.29 is 18.9 Å². The van der Waals surface area contributed by atoms with Gasteiger partial charge in [0.25, 0.3) is 0 Å². The molecular weight excluding hydrogens is 532 g/mol. The zero-order chi connectivity index (χ0) is 23.0. The number of hydrogen-bond acceptors (Lipinski definition) is 6. The van der Waals surface area contributed by atoms with Crippen LogP contribution in [0.2, 0.25) is 0 Å². The molecule has 0 radical (unpaired) electrons. The Kier molecular flexibility index (Phi) is 9.44. The lowest BCUT2D eigenvalue weighted by molar-refractivity contribution is 0.262. The third kappa shape index (κ3) is 6.76. The highest BCUT2D eigenvalue weighted by atomic mass is 79.9. The second-order valence-electron chi connectivity index (χ2n) is 6.56. The Bertz CT molecular complexity index is 878. The van der Waals surface area contributed by atoms with Gasteiger partial charge in [-0.15, -0.1) is 0 Å². The summed E-state index contributed by atoms with van der Waals surface area (Å²) in [4.78, 5) is 0. The Hall–Kier alpha value is -2.46. The van der Waals surface area contributed by atoms with E-state index in [4.69, 9.17) is 41.2 Å². The minimum atomic E-state index is -0.0373. The monoisotopic (exact) mass is 556 g/mol. The van der Waals surface area contributed by atoms with Crippen molar-refractivity contribution >= 4 is 43.5 Å². The summed E-state index contributed by atoms with van der Waals surface area (Å²) in [6, 6.07) is 6.82. The van der Waals surface area contributed by atoms with E-state index in [1.165, 1.54) is 0 Å². The molecule has 0 aliphatic rings. The minimum Gasteiger partial charge on any atom is -0.493 e. The molecule has 0 amide bonds. The van der Waals surface area contributed by atoms with Crippen LogP contribution in [0, 0.1) is 10.8 Å². The van der Waals surface area contributed by atoms with Crippen molar-refractivity contribution in [2.24, 2.45) is 11.5 Å². The summed E-state index contributed by atoms with van der Waals surface area (Å²) in [6.07, 6.45) is 2.56. The van der Waals surface area contributed by atoms with E-state index in [-0.39, 0.29) is 11.7 Å². The molecule has 2 aromatic carbocycles. The molecule has 2 aromatic rings. The first-order chi connectivity index (χ1) is 14.8. The fourth-order valence-corrected chi connectivity index (χ4v) is 3.87. The summed E-state index contributed by atoms with van der Waals surface area (Å²) < 4.78 is 23.8. The van der Waals surface area contributed by atoms with E-state index in [1.54, 1.807) is 38.5 Å². The summed E-state index contributed by atoms with van der Waals surface area (Å²) in [5.74, 6) is 2.14. The molecule has 0 aliphatic heterocycles. The number of halogens is 2. The number of amidine groups is 2. The number of ether oxygens (including phenoxy) is 4. The Morgan fingerprint density at radius 3 is 1.45 bits per heavy atom. The molecule has 6 N–H and O–H groups in total. The molecule has 8 nitrogen and oxygen atoms in total. The molecule has 168 valence electrons. The maximum atomic E-state index is 7.56. The molecule has 0 aliphatic carbocycles. The molecule has 0 atom stereocenters. The SMILES string of the molecule is COc1cc(C(=N)N)cc(Br)c1OCCCCCOc1c(Br)cc(C(=N)N)cc1OC. The van der Waals surface area contributed by atoms with Gasteiger partial charge in [0.05, 0.1) is 36.4 Å². The van der Waals surface area contributed by atoms with Gasteiger partial charge in [-0.05, 0) is 75.4 Å². The van der Waals surface area contributed by atoms with E-state index in [0.29, 0.717) is 56.3 Å². The molecule has 0 bridgehead atoms. The molecule has 31 heavy (non-hydrogen) atoms. The second-order valence-corrected chi connectivity index (χ2v) is 8.27. The van der Waals surface area contributed by atoms with Crippen LogP contribution >= 0.6 is 31.9 Å². The average Bonchev–Trinajstić information content (AvgIpc) is 2.73. The van der Waals surface area contributed by atoms with Crippen LogP contribution < -0.4 is 30.4 Å². The molecule has 0 saturated heterocycles. The largest absolute Gasteiger partial charge is 0.493 e. The van der Waals surface area contributed by atoms with Gasteiger partial charge in [-0.2, -0.15) is 0 Å². The van der Waals surface area contributed by atoms with Gasteiger partial charge in [0.1, 0.15) is 11.7 Å². The lowest BCUT2D eigenvalue weighted by atomic mass is 10.2. The first-order valence-electron chi connectivity index (χ1n) is 9.48. The number of unbranched alkanes of at least 4 members (excludes halogenated alkanes) is 2. The fraction of sp³-hybridized carbons (Fsp3) is 0.333. The lowest BCUT2D eigenvalue weighted by Crippen LogP contribution is -2.12. The fourth-order valence-electron chi connectivity index (χ4n) is 2.76. The van der Waals surface area contributed by atoms with Crippen LogP contribution in [0.3, 0.4) is 0 Å². The molecule has 0 saturated carbocycles. The van der Waals surface area contributed by atoms with E-state index >= 15 is 0 Å². The van der Waals surface area contributed by atoms with Crippen LogP contribution in [0.1, 0.15) is 30.4 Å². The predicted octanol–water partition coefficient (Wildman–Crippen LogP) is 4.43. The third-order valence-electron chi connectivity index (χ3n) is 4.36. The number of rotatable bonds is 12. The highest BCUT2D eigenvalue weighted by Crippen LogP contribution is 2.37. The van der Waals surface area contributed by atoms with Crippen LogP contribution in [-0.4, -0.2) is 39.1 Å². The Labute approximate surface area is 198 Å². The number of benzene rings is 2. The number of nitrogens with two attached hydrogens (primary N) is 2. The molecule has 0 heterocycles. The summed E-state index contributed by atoms with van der Waals surface area (Å²) in [6.45, 7) is 1.02. The summed E-state index contributed by atoms with van der Waals surface area (Å²) in [5, 5.41) is 15.1. The van der Waals surface area contributed by atoms with E-state index in [1.807, 2.05) is 0 Å². The molecule has 0 unspecified atom stereocenters. The first-order valence-corrected chi connectivity index (χ1v) is 11.1. The van der Waals surface area contributed by atoms with Crippen molar-refractivity contribution in [2.75, 3.05) is 27.4 Å². The minimum absolute atomic E-state index is 0.0373. The van der Waals surface area contributed by atoms with Gasteiger partial charge in [0, 0.05) is 11.1 Å². The van der Waals surface area contributed by atoms with Gasteiger partial charge >= 0.3 is 0 Å². The van der Waals surface area contributed by atoms with Crippen molar-refractivity contribution in [3.05, 3.63) is 44.3 Å². The number of hydrogen-bond donors (Lipinski definition) is 4.